The van der Waals surface area contributed by atoms with Crippen LogP contribution in [0.5, 0.6) is 17.2 Å². The molecule has 0 fully saturated rings. The van der Waals surface area contributed by atoms with Crippen molar-refractivity contribution < 1.29 is 38.1 Å². The number of esters is 1. The van der Waals surface area contributed by atoms with E-state index in [9.17, 15) is 14.4 Å². The number of rotatable bonds is 15. The van der Waals surface area contributed by atoms with Crippen LogP contribution in [0.15, 0.2) is 30.5 Å². The lowest BCUT2D eigenvalue weighted by molar-refractivity contribution is -0.135. The van der Waals surface area contributed by atoms with E-state index < -0.39 is 17.4 Å². The van der Waals surface area contributed by atoms with Crippen molar-refractivity contribution in [2.45, 2.75) is 58.6 Å². The fourth-order valence-corrected chi connectivity index (χ4v) is 4.28. The number of methoxy groups -OCH3 is 3. The Morgan fingerprint density at radius 2 is 1.77 bits per heavy atom. The molecule has 1 aromatic carbocycles. The summed E-state index contributed by atoms with van der Waals surface area (Å²) < 4.78 is 27.3. The van der Waals surface area contributed by atoms with Crippen molar-refractivity contribution in [3.8, 4) is 17.2 Å². The predicted molar refractivity (Wildman–Crippen MR) is 146 cm³/mol. The van der Waals surface area contributed by atoms with Crippen LogP contribution in [-0.4, -0.2) is 69.3 Å². The first kappa shape index (κ1) is 31.7. The minimum absolute atomic E-state index is 0.0316. The Hall–Kier alpha value is -3.50. The molecule has 0 aliphatic carbocycles. The third-order valence-corrected chi connectivity index (χ3v) is 6.31. The number of amides is 1. The highest BCUT2D eigenvalue weighted by Crippen LogP contribution is 2.36. The van der Waals surface area contributed by atoms with Gasteiger partial charge < -0.3 is 33.8 Å². The zero-order valence-electron chi connectivity index (χ0n) is 24.0. The van der Waals surface area contributed by atoms with Gasteiger partial charge in [-0.1, -0.05) is 26.0 Å². The molecule has 1 amide bonds. The zero-order chi connectivity index (χ0) is 29.2. The number of benzene rings is 1. The van der Waals surface area contributed by atoms with Crippen molar-refractivity contribution in [2.75, 3.05) is 34.5 Å². The molecule has 0 saturated carbocycles. The molecular formula is C29H40N2O8. The van der Waals surface area contributed by atoms with Gasteiger partial charge in [0.25, 0.3) is 5.91 Å². The van der Waals surface area contributed by atoms with Gasteiger partial charge in [0.05, 0.1) is 40.0 Å². The van der Waals surface area contributed by atoms with E-state index in [0.29, 0.717) is 6.29 Å². The zero-order valence-corrected chi connectivity index (χ0v) is 24.0. The summed E-state index contributed by atoms with van der Waals surface area (Å²) in [5, 5.41) is 2.67. The summed E-state index contributed by atoms with van der Waals surface area (Å²) in [6, 6.07) is 7.50. The topological polar surface area (TPSA) is 122 Å². The number of nitrogens with one attached hydrogen (secondary N) is 1. The number of carbonyl (C=O) groups excluding carboxylic acids is 3. The average Bonchev–Trinajstić information content (AvgIpc) is 2.91. The van der Waals surface area contributed by atoms with Gasteiger partial charge in [-0.2, -0.15) is 0 Å². The predicted octanol–water partition coefficient (Wildman–Crippen LogP) is 3.88. The summed E-state index contributed by atoms with van der Waals surface area (Å²) in [6.45, 7) is 9.70. The van der Waals surface area contributed by atoms with Gasteiger partial charge in [0.2, 0.25) is 5.75 Å². The van der Waals surface area contributed by atoms with Gasteiger partial charge >= 0.3 is 5.97 Å². The van der Waals surface area contributed by atoms with Crippen LogP contribution >= 0.6 is 0 Å². The first-order valence-corrected chi connectivity index (χ1v) is 12.8. The molecule has 2 aromatic rings. The first-order chi connectivity index (χ1) is 18.5. The molecule has 0 aliphatic heterocycles. The molecule has 10 heteroatoms. The molecule has 3 atom stereocenters. The second-order valence-electron chi connectivity index (χ2n) is 9.93. The van der Waals surface area contributed by atoms with E-state index in [4.69, 9.17) is 23.7 Å². The lowest BCUT2D eigenvalue weighted by Crippen LogP contribution is -2.52. The molecule has 0 spiro atoms. The number of hydrogen-bond donors (Lipinski definition) is 1. The molecule has 10 nitrogen and oxygen atoms in total. The second-order valence-corrected chi connectivity index (χ2v) is 9.93. The molecule has 0 radical (unpaired) electrons. The lowest BCUT2D eigenvalue weighted by atomic mass is 9.83. The Morgan fingerprint density at radius 1 is 1.08 bits per heavy atom. The van der Waals surface area contributed by atoms with Crippen LogP contribution in [0.1, 0.15) is 61.6 Å². The normalized spacial score (nSPS) is 14.2. The quantitative estimate of drug-likeness (QED) is 0.263. The van der Waals surface area contributed by atoms with Gasteiger partial charge in [-0.3, -0.25) is 9.59 Å². The number of nitrogens with zero attached hydrogens (tertiary/aromatic N) is 1. The van der Waals surface area contributed by atoms with Crippen LogP contribution < -0.4 is 19.5 Å². The van der Waals surface area contributed by atoms with Gasteiger partial charge in [-0.15, -0.1) is 0 Å². The number of ether oxygens (including phenoxy) is 5. The highest BCUT2D eigenvalue weighted by Gasteiger charge is 2.33. The van der Waals surface area contributed by atoms with E-state index in [1.807, 2.05) is 32.0 Å². The van der Waals surface area contributed by atoms with E-state index in [1.54, 1.807) is 14.0 Å². The maximum absolute atomic E-state index is 13.3. The van der Waals surface area contributed by atoms with Crippen molar-refractivity contribution in [3.63, 3.8) is 0 Å². The van der Waals surface area contributed by atoms with Crippen LogP contribution in [0.4, 0.5) is 0 Å². The van der Waals surface area contributed by atoms with Crippen molar-refractivity contribution in [1.82, 2.24) is 10.3 Å². The van der Waals surface area contributed by atoms with E-state index >= 15 is 0 Å². The molecule has 0 saturated heterocycles. The summed E-state index contributed by atoms with van der Waals surface area (Å²) in [4.78, 5) is 41.7. The molecule has 1 heterocycles. The molecule has 214 valence electrons. The monoisotopic (exact) mass is 544 g/mol. The second kappa shape index (κ2) is 14.6. The summed E-state index contributed by atoms with van der Waals surface area (Å²) in [5.74, 6) is -0.422. The molecule has 1 N–H and O–H groups in total. The number of aromatic nitrogens is 1. The summed E-state index contributed by atoms with van der Waals surface area (Å²) in [6.07, 6.45) is 1.61. The van der Waals surface area contributed by atoms with Gasteiger partial charge in [0.15, 0.2) is 11.4 Å². The SMILES string of the molecule is COCCC(=O)Oc1c(OC)ccnc1C(=O)N[C@](C)(C=O)CO[C@@H](C)[C@H](c1ccc(C)cc1OC)C(C)C. The fourth-order valence-electron chi connectivity index (χ4n) is 4.28. The molecule has 39 heavy (non-hydrogen) atoms. The van der Waals surface area contributed by atoms with E-state index in [-0.39, 0.29) is 54.8 Å². The van der Waals surface area contributed by atoms with Crippen molar-refractivity contribution >= 4 is 18.2 Å². The minimum Gasteiger partial charge on any atom is -0.496 e. The summed E-state index contributed by atoms with van der Waals surface area (Å²) >= 11 is 0. The van der Waals surface area contributed by atoms with Gasteiger partial charge in [0.1, 0.15) is 17.6 Å². The van der Waals surface area contributed by atoms with Crippen LogP contribution in [0, 0.1) is 12.8 Å². The Kier molecular flexibility index (Phi) is 11.9. The highest BCUT2D eigenvalue weighted by molar-refractivity contribution is 5.98. The number of aryl methyl sites for hydroxylation is 1. The standard InChI is InChI=1S/C29H40N2O8/c1-18(2)25(21-10-9-19(3)15-23(21)37-8)20(4)38-17-29(5,16-32)31-28(34)26-27(22(36-7)11-13-30-26)39-24(33)12-14-35-6/h9-11,13,15-16,18,20,25H,12,14,17H2,1-8H3,(H,31,34)/t20-,25+,29+/m0/s1. The molecule has 1 aromatic heterocycles. The Labute approximate surface area is 230 Å². The maximum Gasteiger partial charge on any atom is 0.313 e. The number of pyridine rings is 1. The minimum atomic E-state index is -1.40. The number of aldehydes is 1. The van der Waals surface area contributed by atoms with Gasteiger partial charge in [0, 0.05) is 30.9 Å². The summed E-state index contributed by atoms with van der Waals surface area (Å²) in [5.41, 5.74) is 0.484. The molecule has 2 rings (SSSR count). The third kappa shape index (κ3) is 8.49. The first-order valence-electron chi connectivity index (χ1n) is 12.8. The molecular weight excluding hydrogens is 504 g/mol. The smallest absolute Gasteiger partial charge is 0.313 e. The Morgan fingerprint density at radius 3 is 2.36 bits per heavy atom. The van der Waals surface area contributed by atoms with Crippen molar-refractivity contribution in [1.29, 1.82) is 0 Å². The van der Waals surface area contributed by atoms with E-state index in [0.717, 1.165) is 16.9 Å². The van der Waals surface area contributed by atoms with Gasteiger partial charge in [-0.05, 0) is 38.3 Å². The van der Waals surface area contributed by atoms with Crippen LogP contribution in [-0.2, 0) is 19.1 Å². The highest BCUT2D eigenvalue weighted by atomic mass is 16.6. The van der Waals surface area contributed by atoms with Crippen LogP contribution in [0.2, 0.25) is 0 Å². The third-order valence-electron chi connectivity index (χ3n) is 6.31. The van der Waals surface area contributed by atoms with Gasteiger partial charge in [-0.25, -0.2) is 4.98 Å². The molecule has 0 aliphatic rings. The van der Waals surface area contributed by atoms with Crippen LogP contribution in [0.25, 0.3) is 0 Å². The summed E-state index contributed by atoms with van der Waals surface area (Å²) in [7, 11) is 4.47. The maximum atomic E-state index is 13.3. The van der Waals surface area contributed by atoms with Crippen molar-refractivity contribution in [2.24, 2.45) is 5.92 Å². The molecule has 0 bridgehead atoms. The lowest BCUT2D eigenvalue weighted by Gasteiger charge is -2.32. The van der Waals surface area contributed by atoms with Crippen molar-refractivity contribution in [3.05, 3.63) is 47.3 Å². The average molecular weight is 545 g/mol. The number of carbonyl (C=O) groups is 3. The fraction of sp³-hybridized carbons (Fsp3) is 0.517. The number of hydrogen-bond acceptors (Lipinski definition) is 9. The Bertz CT molecular complexity index is 1140. The van der Waals surface area contributed by atoms with Crippen LogP contribution in [0.3, 0.4) is 0 Å². The van der Waals surface area contributed by atoms with E-state index in [2.05, 4.69) is 24.1 Å². The Balaban J connectivity index is 2.24. The molecule has 0 unspecified atom stereocenters. The van der Waals surface area contributed by atoms with E-state index in [1.165, 1.54) is 26.5 Å². The largest absolute Gasteiger partial charge is 0.496 e.